The number of fused-ring (bicyclic) bond motifs is 9. The Morgan fingerprint density at radius 3 is 2.59 bits per heavy atom. The van der Waals surface area contributed by atoms with Crippen molar-refractivity contribution in [3.05, 3.63) is 47.3 Å². The Hall–Kier alpha value is -3.05. The molecule has 0 saturated carbocycles. The van der Waals surface area contributed by atoms with Crippen LogP contribution in [0.5, 0.6) is 5.75 Å². The summed E-state index contributed by atoms with van der Waals surface area (Å²) in [5.74, 6) is 0.265. The van der Waals surface area contributed by atoms with Crippen LogP contribution >= 0.6 is 0 Å². The maximum atomic E-state index is 13.2. The Bertz CT molecular complexity index is 1330. The lowest BCUT2D eigenvalue weighted by Crippen LogP contribution is -2.41. The van der Waals surface area contributed by atoms with Crippen molar-refractivity contribution < 1.29 is 27.6 Å². The number of alkyl halides is 2. The maximum absolute atomic E-state index is 13.2. The topological polar surface area (TPSA) is 87.5 Å². The Balaban J connectivity index is 1.50. The summed E-state index contributed by atoms with van der Waals surface area (Å²) in [6.45, 7) is 4.87. The largest absolute Gasteiger partial charge is 0.514 e. The molecule has 2 atom stereocenters. The van der Waals surface area contributed by atoms with E-state index in [0.29, 0.717) is 40.1 Å². The molecule has 0 radical (unpaired) electrons. The summed E-state index contributed by atoms with van der Waals surface area (Å²) in [6, 6.07) is 7.44. The van der Waals surface area contributed by atoms with Gasteiger partial charge in [0.1, 0.15) is 17.1 Å². The van der Waals surface area contributed by atoms with Gasteiger partial charge in [-0.1, -0.05) is 6.07 Å². The number of pyridine rings is 1. The van der Waals surface area contributed by atoms with Gasteiger partial charge in [0.15, 0.2) is 5.65 Å². The molecule has 6 rings (SSSR count). The second-order valence-corrected chi connectivity index (χ2v) is 9.88. The molecule has 1 fully saturated rings. The number of amides is 1. The number of carbonyl (C=O) groups excluding carboxylic acids is 1. The van der Waals surface area contributed by atoms with Crippen molar-refractivity contribution >= 4 is 29.8 Å². The van der Waals surface area contributed by atoms with E-state index >= 15 is 0 Å². The lowest BCUT2D eigenvalue weighted by Gasteiger charge is -2.32. The molecule has 5 heterocycles. The highest BCUT2D eigenvalue weighted by Gasteiger charge is 2.52. The third-order valence-corrected chi connectivity index (χ3v) is 7.33. The van der Waals surface area contributed by atoms with Gasteiger partial charge in [-0.3, -0.25) is 4.79 Å². The molecule has 3 aromatic rings. The molecule has 8 nitrogen and oxygen atoms in total. The molecule has 0 unspecified atom stereocenters. The van der Waals surface area contributed by atoms with Gasteiger partial charge in [-0.25, -0.2) is 9.97 Å². The van der Waals surface area contributed by atoms with Gasteiger partial charge in [0, 0.05) is 17.5 Å². The van der Waals surface area contributed by atoms with Crippen LogP contribution in [0, 0.1) is 0 Å². The van der Waals surface area contributed by atoms with Crippen molar-refractivity contribution in [1.29, 1.82) is 0 Å². The molecule has 3 aliphatic heterocycles. The van der Waals surface area contributed by atoms with Crippen LogP contribution < -0.4 is 15.6 Å². The average molecular weight is 468 g/mol. The Morgan fingerprint density at radius 1 is 1.15 bits per heavy atom. The van der Waals surface area contributed by atoms with E-state index in [1.807, 2.05) is 44.4 Å². The van der Waals surface area contributed by atoms with Crippen molar-refractivity contribution in [1.82, 2.24) is 19.9 Å². The fourth-order valence-electron chi connectivity index (χ4n) is 4.98. The van der Waals surface area contributed by atoms with Crippen molar-refractivity contribution in [2.75, 3.05) is 0 Å². The van der Waals surface area contributed by atoms with Gasteiger partial charge in [0.05, 0.1) is 28.9 Å². The summed E-state index contributed by atoms with van der Waals surface area (Å²) in [7, 11) is -0.658. The summed E-state index contributed by atoms with van der Waals surface area (Å²) < 4.78 is 45.4. The predicted molar refractivity (Wildman–Crippen MR) is 119 cm³/mol. The lowest BCUT2D eigenvalue weighted by molar-refractivity contribution is -0.0507. The molecule has 0 spiro atoms. The van der Waals surface area contributed by atoms with E-state index in [2.05, 4.69) is 5.32 Å². The van der Waals surface area contributed by atoms with Gasteiger partial charge in [0.25, 0.3) is 5.91 Å². The Morgan fingerprint density at radius 2 is 1.88 bits per heavy atom. The standard InChI is InChI=1S/C23H23BF2N4O4/c1-22(2)23(3,4)34-24(33-22)16-9-8-12-18(29-16)30-14-10-13(19(30)27-12)28-20(31)11-6-5-7-15(17(11)14)32-21(25)26/h5-9,13-14,21H,10H2,1-4H3,(H,28,31)/t13-,14-/m1/s1. The van der Waals surface area contributed by atoms with Crippen molar-refractivity contribution in [3.8, 4) is 5.75 Å². The van der Waals surface area contributed by atoms with E-state index in [-0.39, 0.29) is 17.7 Å². The second kappa shape index (κ2) is 6.99. The Labute approximate surface area is 194 Å². The third-order valence-electron chi connectivity index (χ3n) is 7.33. The molecule has 3 aliphatic rings. The summed E-state index contributed by atoms with van der Waals surface area (Å²) in [5, 5.41) is 2.97. The first-order valence-electron chi connectivity index (χ1n) is 11.2. The zero-order chi connectivity index (χ0) is 24.0. The molecule has 1 N–H and O–H groups in total. The first kappa shape index (κ1) is 21.5. The molecule has 1 saturated heterocycles. The van der Waals surface area contributed by atoms with Crippen LogP contribution in [0.4, 0.5) is 8.78 Å². The number of rotatable bonds is 3. The first-order chi connectivity index (χ1) is 16.1. The number of hydrogen-bond acceptors (Lipinski definition) is 6. The van der Waals surface area contributed by atoms with Gasteiger partial charge in [-0.2, -0.15) is 8.78 Å². The second-order valence-electron chi connectivity index (χ2n) is 9.88. The first-order valence-corrected chi connectivity index (χ1v) is 11.2. The van der Waals surface area contributed by atoms with Crippen LogP contribution in [-0.2, 0) is 9.31 Å². The monoisotopic (exact) mass is 468 g/mol. The normalized spacial score (nSPS) is 24.2. The van der Waals surface area contributed by atoms with Crippen LogP contribution in [0.3, 0.4) is 0 Å². The number of nitrogens with one attached hydrogen (secondary N) is 1. The zero-order valence-electron chi connectivity index (χ0n) is 19.1. The minimum absolute atomic E-state index is 0.0230. The van der Waals surface area contributed by atoms with E-state index in [0.717, 1.165) is 0 Å². The molecular weight excluding hydrogens is 445 g/mol. The van der Waals surface area contributed by atoms with E-state index in [4.69, 9.17) is 24.0 Å². The van der Waals surface area contributed by atoms with Crippen molar-refractivity contribution in [3.63, 3.8) is 0 Å². The van der Waals surface area contributed by atoms with Crippen molar-refractivity contribution in [2.45, 2.75) is 64.0 Å². The van der Waals surface area contributed by atoms with Gasteiger partial charge >= 0.3 is 13.7 Å². The number of ether oxygens (including phenoxy) is 1. The third kappa shape index (κ3) is 2.99. The number of imidazole rings is 1. The van der Waals surface area contributed by atoms with Crippen LogP contribution in [0.25, 0.3) is 11.2 Å². The predicted octanol–water partition coefficient (Wildman–Crippen LogP) is 3.11. The SMILES string of the molecule is CC1(C)OB(c2ccc3nc4n(c3n2)[C@@H]2C[C@H]4NC(=O)c3cccc(OC(F)F)c32)OC1(C)C. The summed E-state index contributed by atoms with van der Waals surface area (Å²) >= 11 is 0. The van der Waals surface area contributed by atoms with E-state index in [9.17, 15) is 13.6 Å². The highest BCUT2D eigenvalue weighted by Crippen LogP contribution is 2.47. The van der Waals surface area contributed by atoms with Gasteiger partial charge < -0.3 is 23.9 Å². The molecule has 176 valence electrons. The van der Waals surface area contributed by atoms with Gasteiger partial charge in [0.2, 0.25) is 0 Å². The van der Waals surface area contributed by atoms with Gasteiger partial charge in [-0.15, -0.1) is 0 Å². The molecule has 2 aromatic heterocycles. The molecule has 0 aliphatic carbocycles. The van der Waals surface area contributed by atoms with E-state index in [1.165, 1.54) is 12.1 Å². The molecular formula is C23H23BF2N4O4. The molecule has 34 heavy (non-hydrogen) atoms. The van der Waals surface area contributed by atoms with Gasteiger partial charge in [-0.05, 0) is 52.0 Å². The summed E-state index contributed by atoms with van der Waals surface area (Å²) in [4.78, 5) is 22.4. The highest BCUT2D eigenvalue weighted by atomic mass is 19.3. The smallest absolute Gasteiger partial charge is 0.434 e. The minimum Gasteiger partial charge on any atom is -0.434 e. The number of aromatic nitrogens is 3. The summed E-state index contributed by atoms with van der Waals surface area (Å²) in [6.07, 6.45) is 0.461. The number of carbonyl (C=O) groups is 1. The highest BCUT2D eigenvalue weighted by molar-refractivity contribution is 6.61. The van der Waals surface area contributed by atoms with E-state index < -0.39 is 31.0 Å². The molecule has 2 bridgehead atoms. The molecule has 1 aromatic carbocycles. The molecule has 11 heteroatoms. The number of benzene rings is 1. The van der Waals surface area contributed by atoms with E-state index in [1.54, 1.807) is 6.07 Å². The average Bonchev–Trinajstić information content (AvgIpc) is 3.32. The lowest BCUT2D eigenvalue weighted by atomic mass is 9.84. The fraction of sp³-hybridized carbons (Fsp3) is 0.435. The Kier molecular flexibility index (Phi) is 4.42. The number of halogens is 2. The maximum Gasteiger partial charge on any atom is 0.514 e. The van der Waals surface area contributed by atoms with Crippen LogP contribution in [0.15, 0.2) is 30.3 Å². The van der Waals surface area contributed by atoms with Crippen LogP contribution in [0.2, 0.25) is 0 Å². The van der Waals surface area contributed by atoms with Crippen LogP contribution in [-0.4, -0.2) is 45.4 Å². The minimum atomic E-state index is -3.01. The molecule has 1 amide bonds. The summed E-state index contributed by atoms with van der Waals surface area (Å²) in [5.41, 5.74) is 1.47. The fourth-order valence-corrected chi connectivity index (χ4v) is 4.98. The number of nitrogens with zero attached hydrogens (tertiary/aromatic N) is 3. The quantitative estimate of drug-likeness (QED) is 0.595. The van der Waals surface area contributed by atoms with Crippen LogP contribution in [0.1, 0.15) is 67.9 Å². The zero-order valence-corrected chi connectivity index (χ0v) is 19.1. The van der Waals surface area contributed by atoms with Crippen molar-refractivity contribution in [2.24, 2.45) is 0 Å². The number of hydrogen-bond donors (Lipinski definition) is 1.